The van der Waals surface area contributed by atoms with Gasteiger partial charge >= 0.3 is 0 Å². The third-order valence-corrected chi connectivity index (χ3v) is 5.95. The van der Waals surface area contributed by atoms with Crippen molar-refractivity contribution in [3.63, 3.8) is 0 Å². The van der Waals surface area contributed by atoms with Crippen molar-refractivity contribution < 1.29 is 5.11 Å². The highest BCUT2D eigenvalue weighted by Crippen LogP contribution is 2.46. The molecule has 0 amide bonds. The molecule has 3 rings (SSSR count). The van der Waals surface area contributed by atoms with Gasteiger partial charge < -0.3 is 5.11 Å². The average Bonchev–Trinajstić information content (AvgIpc) is 2.47. The van der Waals surface area contributed by atoms with E-state index in [9.17, 15) is 5.11 Å². The van der Waals surface area contributed by atoms with Crippen LogP contribution in [0.3, 0.4) is 0 Å². The maximum absolute atomic E-state index is 10.6. The largest absolute Gasteiger partial charge is 0.393 e. The molecule has 1 N–H and O–H groups in total. The van der Waals surface area contributed by atoms with E-state index in [1.54, 1.807) is 0 Å². The first kappa shape index (κ1) is 15.1. The molecule has 2 aliphatic rings. The Morgan fingerprint density at radius 3 is 2.19 bits per heavy atom. The minimum Gasteiger partial charge on any atom is -0.393 e. The van der Waals surface area contributed by atoms with E-state index in [1.807, 2.05) is 0 Å². The summed E-state index contributed by atoms with van der Waals surface area (Å²) in [5.74, 6) is 3.60. The summed E-state index contributed by atoms with van der Waals surface area (Å²) in [5, 5.41) is 10.6. The molecule has 2 aliphatic carbocycles. The predicted molar refractivity (Wildman–Crippen MR) is 88.2 cm³/mol. The van der Waals surface area contributed by atoms with Crippen LogP contribution in [0.5, 0.6) is 0 Å². The Bertz CT molecular complexity index is 430. The highest BCUT2D eigenvalue weighted by molar-refractivity contribution is 5.20. The van der Waals surface area contributed by atoms with E-state index < -0.39 is 0 Å². The van der Waals surface area contributed by atoms with Gasteiger partial charge in [0.2, 0.25) is 0 Å². The Morgan fingerprint density at radius 2 is 1.52 bits per heavy atom. The molecule has 5 atom stereocenters. The Balaban J connectivity index is 1.71. The maximum atomic E-state index is 10.6. The Labute approximate surface area is 129 Å². The van der Waals surface area contributed by atoms with E-state index in [1.165, 1.54) is 31.2 Å². The predicted octanol–water partition coefficient (Wildman–Crippen LogP) is 5.00. The normalized spacial score (nSPS) is 40.9. The zero-order chi connectivity index (χ0) is 14.8. The quantitative estimate of drug-likeness (QED) is 0.811. The first-order valence-corrected chi connectivity index (χ1v) is 8.86. The third kappa shape index (κ3) is 3.51. The van der Waals surface area contributed by atoms with Crippen LogP contribution in [0.2, 0.25) is 0 Å². The highest BCUT2D eigenvalue weighted by Gasteiger charge is 2.38. The summed E-state index contributed by atoms with van der Waals surface area (Å²) in [5.41, 5.74) is 1.48. The van der Waals surface area contributed by atoms with Crippen LogP contribution < -0.4 is 0 Å². The molecule has 1 aromatic carbocycles. The van der Waals surface area contributed by atoms with Crippen molar-refractivity contribution in [3.05, 3.63) is 35.9 Å². The summed E-state index contributed by atoms with van der Waals surface area (Å²) in [6.45, 7) is 4.79. The van der Waals surface area contributed by atoms with E-state index in [-0.39, 0.29) is 6.10 Å². The van der Waals surface area contributed by atoms with Crippen LogP contribution in [0, 0.1) is 23.7 Å². The third-order valence-electron chi connectivity index (χ3n) is 5.95. The number of aliphatic hydroxyl groups is 1. The summed E-state index contributed by atoms with van der Waals surface area (Å²) in [7, 11) is 0. The minimum atomic E-state index is -0.0625. The van der Waals surface area contributed by atoms with Crippen molar-refractivity contribution in [2.24, 2.45) is 23.7 Å². The summed E-state index contributed by atoms with van der Waals surface area (Å²) in [6.07, 6.45) is 7.30. The topological polar surface area (TPSA) is 20.2 Å². The molecule has 0 saturated heterocycles. The molecule has 0 radical (unpaired) electrons. The lowest BCUT2D eigenvalue weighted by molar-refractivity contribution is 0.00504. The molecule has 0 bridgehead atoms. The number of hydrogen-bond acceptors (Lipinski definition) is 1. The molecule has 2 saturated carbocycles. The Hall–Kier alpha value is -0.820. The van der Waals surface area contributed by atoms with Crippen molar-refractivity contribution in [1.82, 2.24) is 0 Å². The zero-order valence-corrected chi connectivity index (χ0v) is 13.5. The van der Waals surface area contributed by atoms with Gasteiger partial charge in [0.25, 0.3) is 0 Å². The van der Waals surface area contributed by atoms with Gasteiger partial charge in [-0.15, -0.1) is 0 Å². The fourth-order valence-electron chi connectivity index (χ4n) is 5.08. The minimum absolute atomic E-state index is 0.0625. The van der Waals surface area contributed by atoms with Gasteiger partial charge in [-0.25, -0.2) is 0 Å². The van der Waals surface area contributed by atoms with Gasteiger partial charge in [-0.3, -0.25) is 0 Å². The van der Waals surface area contributed by atoms with Gasteiger partial charge in [-0.2, -0.15) is 0 Å². The molecule has 0 aliphatic heterocycles. The molecule has 5 unspecified atom stereocenters. The van der Waals surface area contributed by atoms with Crippen molar-refractivity contribution in [1.29, 1.82) is 0 Å². The highest BCUT2D eigenvalue weighted by atomic mass is 16.3. The standard InChI is InChI=1S/C20H30O/c1-14-10-15(2)12-18(11-14)19-13-17(8-9-20(19)21)16-6-4-3-5-7-16/h3-7,14-15,17-21H,8-13H2,1-2H3. The van der Waals surface area contributed by atoms with Gasteiger partial charge in [-0.05, 0) is 73.7 Å². The van der Waals surface area contributed by atoms with E-state index in [0.717, 1.165) is 30.6 Å². The zero-order valence-electron chi connectivity index (χ0n) is 13.5. The Kier molecular flexibility index (Phi) is 4.69. The number of hydrogen-bond donors (Lipinski definition) is 1. The molecule has 1 nitrogen and oxygen atoms in total. The summed E-state index contributed by atoms with van der Waals surface area (Å²) >= 11 is 0. The van der Waals surface area contributed by atoms with E-state index in [2.05, 4.69) is 44.2 Å². The first-order chi connectivity index (χ1) is 10.1. The van der Waals surface area contributed by atoms with E-state index in [0.29, 0.717) is 11.8 Å². The van der Waals surface area contributed by atoms with Gasteiger partial charge in [0.1, 0.15) is 0 Å². The van der Waals surface area contributed by atoms with Gasteiger partial charge in [0.05, 0.1) is 6.10 Å². The molecule has 0 heterocycles. The van der Waals surface area contributed by atoms with Gasteiger partial charge in [-0.1, -0.05) is 44.2 Å². The van der Waals surface area contributed by atoms with E-state index >= 15 is 0 Å². The summed E-state index contributed by atoms with van der Waals surface area (Å²) < 4.78 is 0. The summed E-state index contributed by atoms with van der Waals surface area (Å²) in [4.78, 5) is 0. The lowest BCUT2D eigenvalue weighted by atomic mass is 9.64. The lowest BCUT2D eigenvalue weighted by Crippen LogP contribution is -2.37. The van der Waals surface area contributed by atoms with Crippen molar-refractivity contribution in [2.45, 2.75) is 64.4 Å². The lowest BCUT2D eigenvalue weighted by Gasteiger charge is -2.42. The number of benzene rings is 1. The van der Waals surface area contributed by atoms with Crippen molar-refractivity contribution in [2.75, 3.05) is 0 Å². The molecular formula is C20H30O. The van der Waals surface area contributed by atoms with Crippen molar-refractivity contribution in [3.8, 4) is 0 Å². The molecule has 0 spiro atoms. The number of aliphatic hydroxyl groups excluding tert-OH is 1. The molecule has 2 fully saturated rings. The SMILES string of the molecule is CC1CC(C)CC(C2CC(c3ccccc3)CCC2O)C1. The smallest absolute Gasteiger partial charge is 0.0571 e. The van der Waals surface area contributed by atoms with Crippen LogP contribution in [-0.4, -0.2) is 11.2 Å². The first-order valence-electron chi connectivity index (χ1n) is 8.86. The second-order valence-corrected chi connectivity index (χ2v) is 7.83. The molecule has 116 valence electrons. The van der Waals surface area contributed by atoms with Crippen LogP contribution >= 0.6 is 0 Å². The van der Waals surface area contributed by atoms with Crippen LogP contribution in [0.15, 0.2) is 30.3 Å². The van der Waals surface area contributed by atoms with Crippen LogP contribution in [0.4, 0.5) is 0 Å². The fraction of sp³-hybridized carbons (Fsp3) is 0.700. The second kappa shape index (κ2) is 6.52. The van der Waals surface area contributed by atoms with Gasteiger partial charge in [0.15, 0.2) is 0 Å². The molecule has 1 heteroatoms. The fourth-order valence-corrected chi connectivity index (χ4v) is 5.08. The second-order valence-electron chi connectivity index (χ2n) is 7.83. The van der Waals surface area contributed by atoms with Crippen molar-refractivity contribution >= 4 is 0 Å². The monoisotopic (exact) mass is 286 g/mol. The van der Waals surface area contributed by atoms with Crippen LogP contribution in [0.25, 0.3) is 0 Å². The van der Waals surface area contributed by atoms with Crippen LogP contribution in [-0.2, 0) is 0 Å². The maximum Gasteiger partial charge on any atom is 0.0571 e. The molecule has 21 heavy (non-hydrogen) atoms. The molecule has 1 aromatic rings. The summed E-state index contributed by atoms with van der Waals surface area (Å²) in [6, 6.07) is 10.9. The molecular weight excluding hydrogens is 256 g/mol. The van der Waals surface area contributed by atoms with E-state index in [4.69, 9.17) is 0 Å². The van der Waals surface area contributed by atoms with Gasteiger partial charge in [0, 0.05) is 0 Å². The van der Waals surface area contributed by atoms with Crippen LogP contribution in [0.1, 0.15) is 63.9 Å². The number of rotatable bonds is 2. The average molecular weight is 286 g/mol. The molecule has 0 aromatic heterocycles. The Morgan fingerprint density at radius 1 is 0.857 bits per heavy atom.